The molecule has 0 radical (unpaired) electrons. The smallest absolute Gasteiger partial charge is 0.217 e. The highest BCUT2D eigenvalue weighted by Crippen LogP contribution is 2.10. The van der Waals surface area contributed by atoms with Gasteiger partial charge in [-0.1, -0.05) is 58.3 Å². The summed E-state index contributed by atoms with van der Waals surface area (Å²) in [6.07, 6.45) is 12.1. The molecule has 2 heteroatoms. The van der Waals surface area contributed by atoms with Crippen molar-refractivity contribution in [3.63, 3.8) is 0 Å². The number of hydrogen-bond acceptors (Lipinski definition) is 1. The largest absolute Gasteiger partial charge is 0.370 e. The molecule has 0 aromatic carbocycles. The SMILES string of the molecule is CCCCCCCCCCCC(N)=O. The van der Waals surface area contributed by atoms with Gasteiger partial charge in [0, 0.05) is 6.42 Å². The van der Waals surface area contributed by atoms with Crippen molar-refractivity contribution in [2.75, 3.05) is 0 Å². The molecule has 0 aromatic rings. The third-order valence-corrected chi connectivity index (χ3v) is 2.53. The van der Waals surface area contributed by atoms with Gasteiger partial charge in [-0.05, 0) is 6.42 Å². The number of rotatable bonds is 10. The first-order chi connectivity index (χ1) is 6.77. The number of primary amides is 1. The predicted molar refractivity (Wildman–Crippen MR) is 61.0 cm³/mol. The molecular formula is C12H25NO. The molecular weight excluding hydrogens is 174 g/mol. The van der Waals surface area contributed by atoms with E-state index in [2.05, 4.69) is 6.92 Å². The van der Waals surface area contributed by atoms with Gasteiger partial charge in [0.1, 0.15) is 0 Å². The normalized spacial score (nSPS) is 10.4. The molecule has 0 fully saturated rings. The van der Waals surface area contributed by atoms with Crippen LogP contribution in [0.4, 0.5) is 0 Å². The Kier molecular flexibility index (Phi) is 10.2. The first-order valence-electron chi connectivity index (χ1n) is 6.05. The lowest BCUT2D eigenvalue weighted by Gasteiger charge is -2.00. The van der Waals surface area contributed by atoms with Crippen molar-refractivity contribution < 1.29 is 4.79 Å². The number of hydrogen-bond donors (Lipinski definition) is 1. The van der Waals surface area contributed by atoms with Gasteiger partial charge >= 0.3 is 0 Å². The molecule has 0 spiro atoms. The second-order valence-electron chi connectivity index (χ2n) is 4.04. The lowest BCUT2D eigenvalue weighted by molar-refractivity contribution is -0.118. The monoisotopic (exact) mass is 199 g/mol. The molecule has 0 aromatic heterocycles. The van der Waals surface area contributed by atoms with Crippen LogP contribution in [-0.2, 0) is 4.79 Å². The van der Waals surface area contributed by atoms with Crippen LogP contribution < -0.4 is 5.73 Å². The van der Waals surface area contributed by atoms with Crippen LogP contribution in [0.2, 0.25) is 0 Å². The second-order valence-corrected chi connectivity index (χ2v) is 4.04. The van der Waals surface area contributed by atoms with E-state index in [-0.39, 0.29) is 5.91 Å². The second kappa shape index (κ2) is 10.6. The van der Waals surface area contributed by atoms with E-state index in [0.29, 0.717) is 6.42 Å². The van der Waals surface area contributed by atoms with E-state index in [1.807, 2.05) is 0 Å². The maximum Gasteiger partial charge on any atom is 0.217 e. The third-order valence-electron chi connectivity index (χ3n) is 2.53. The number of amides is 1. The Morgan fingerprint density at radius 3 is 1.71 bits per heavy atom. The first kappa shape index (κ1) is 13.5. The van der Waals surface area contributed by atoms with Gasteiger partial charge in [0.15, 0.2) is 0 Å². The van der Waals surface area contributed by atoms with Gasteiger partial charge in [-0.15, -0.1) is 0 Å². The van der Waals surface area contributed by atoms with Gasteiger partial charge in [0.2, 0.25) is 5.91 Å². The summed E-state index contributed by atoms with van der Waals surface area (Å²) in [4.78, 5) is 10.4. The minimum Gasteiger partial charge on any atom is -0.370 e. The van der Waals surface area contributed by atoms with Crippen LogP contribution in [0.1, 0.15) is 71.1 Å². The van der Waals surface area contributed by atoms with Gasteiger partial charge in [0.05, 0.1) is 0 Å². The van der Waals surface area contributed by atoms with Crippen molar-refractivity contribution in [3.05, 3.63) is 0 Å². The molecule has 0 saturated heterocycles. The topological polar surface area (TPSA) is 43.1 Å². The zero-order chi connectivity index (χ0) is 10.6. The number of carbonyl (C=O) groups excluding carboxylic acids is 1. The Bertz CT molecular complexity index is 134. The Morgan fingerprint density at radius 2 is 1.29 bits per heavy atom. The van der Waals surface area contributed by atoms with E-state index in [1.54, 1.807) is 0 Å². The Balaban J connectivity index is 2.88. The van der Waals surface area contributed by atoms with Crippen molar-refractivity contribution in [1.29, 1.82) is 0 Å². The van der Waals surface area contributed by atoms with E-state index in [1.165, 1.54) is 44.9 Å². The molecule has 84 valence electrons. The zero-order valence-electron chi connectivity index (χ0n) is 9.56. The van der Waals surface area contributed by atoms with Crippen molar-refractivity contribution in [1.82, 2.24) is 0 Å². The predicted octanol–water partition coefficient (Wildman–Crippen LogP) is 3.39. The summed E-state index contributed by atoms with van der Waals surface area (Å²) in [6.45, 7) is 2.24. The molecule has 0 aliphatic heterocycles. The fourth-order valence-electron chi connectivity index (χ4n) is 1.61. The summed E-state index contributed by atoms with van der Waals surface area (Å²) < 4.78 is 0. The molecule has 0 aliphatic carbocycles. The molecule has 0 saturated carbocycles. The molecule has 0 aliphatic rings. The molecule has 14 heavy (non-hydrogen) atoms. The van der Waals surface area contributed by atoms with E-state index in [0.717, 1.165) is 12.8 Å². The highest BCUT2D eigenvalue weighted by atomic mass is 16.1. The van der Waals surface area contributed by atoms with E-state index in [9.17, 15) is 4.79 Å². The van der Waals surface area contributed by atoms with Crippen molar-refractivity contribution in [2.24, 2.45) is 5.73 Å². The highest BCUT2D eigenvalue weighted by Gasteiger charge is 1.94. The average Bonchev–Trinajstić information content (AvgIpc) is 2.15. The first-order valence-corrected chi connectivity index (χ1v) is 6.05. The summed E-state index contributed by atoms with van der Waals surface area (Å²) in [5.74, 6) is -0.159. The maximum absolute atomic E-state index is 10.4. The van der Waals surface area contributed by atoms with Crippen molar-refractivity contribution in [2.45, 2.75) is 71.1 Å². The Labute approximate surface area is 88.3 Å². The molecule has 2 N–H and O–H groups in total. The highest BCUT2D eigenvalue weighted by molar-refractivity contribution is 5.73. The summed E-state index contributed by atoms with van der Waals surface area (Å²) in [7, 11) is 0. The molecule has 2 nitrogen and oxygen atoms in total. The van der Waals surface area contributed by atoms with Gasteiger partial charge in [0.25, 0.3) is 0 Å². The number of unbranched alkanes of at least 4 members (excludes halogenated alkanes) is 8. The van der Waals surface area contributed by atoms with Gasteiger partial charge in [-0.25, -0.2) is 0 Å². The maximum atomic E-state index is 10.4. The summed E-state index contributed by atoms with van der Waals surface area (Å²) >= 11 is 0. The minimum absolute atomic E-state index is 0.159. The average molecular weight is 199 g/mol. The van der Waals surface area contributed by atoms with Crippen LogP contribution in [0.3, 0.4) is 0 Å². The van der Waals surface area contributed by atoms with Gasteiger partial charge in [-0.2, -0.15) is 0 Å². The quantitative estimate of drug-likeness (QED) is 0.538. The Morgan fingerprint density at radius 1 is 0.857 bits per heavy atom. The molecule has 0 bridgehead atoms. The molecule has 0 rings (SSSR count). The summed E-state index contributed by atoms with van der Waals surface area (Å²) in [5, 5.41) is 0. The van der Waals surface area contributed by atoms with Crippen LogP contribution in [0.25, 0.3) is 0 Å². The van der Waals surface area contributed by atoms with Crippen LogP contribution in [0, 0.1) is 0 Å². The zero-order valence-corrected chi connectivity index (χ0v) is 9.56. The molecule has 0 heterocycles. The van der Waals surface area contributed by atoms with Crippen LogP contribution in [0.15, 0.2) is 0 Å². The number of carbonyl (C=O) groups is 1. The van der Waals surface area contributed by atoms with Gasteiger partial charge in [-0.3, -0.25) is 4.79 Å². The van der Waals surface area contributed by atoms with Crippen LogP contribution in [-0.4, -0.2) is 5.91 Å². The third kappa shape index (κ3) is 11.5. The van der Waals surface area contributed by atoms with E-state index in [4.69, 9.17) is 5.73 Å². The van der Waals surface area contributed by atoms with E-state index >= 15 is 0 Å². The molecule has 1 amide bonds. The van der Waals surface area contributed by atoms with Crippen molar-refractivity contribution >= 4 is 5.91 Å². The van der Waals surface area contributed by atoms with Crippen LogP contribution >= 0.6 is 0 Å². The summed E-state index contributed by atoms with van der Waals surface area (Å²) in [6, 6.07) is 0. The van der Waals surface area contributed by atoms with E-state index < -0.39 is 0 Å². The van der Waals surface area contributed by atoms with Crippen LogP contribution in [0.5, 0.6) is 0 Å². The standard InChI is InChI=1S/C12H25NO/c1-2-3-4-5-6-7-8-9-10-11-12(13)14/h2-11H2,1H3,(H2,13,14). The number of nitrogens with two attached hydrogens (primary N) is 1. The fraction of sp³-hybridized carbons (Fsp3) is 0.917. The fourth-order valence-corrected chi connectivity index (χ4v) is 1.61. The van der Waals surface area contributed by atoms with Crippen molar-refractivity contribution in [3.8, 4) is 0 Å². The Hall–Kier alpha value is -0.530. The minimum atomic E-state index is -0.159. The lowest BCUT2D eigenvalue weighted by Crippen LogP contribution is -2.09. The molecule has 0 atom stereocenters. The lowest BCUT2D eigenvalue weighted by atomic mass is 10.1. The van der Waals surface area contributed by atoms with Gasteiger partial charge < -0.3 is 5.73 Å². The molecule has 0 unspecified atom stereocenters. The summed E-state index contributed by atoms with van der Waals surface area (Å²) in [5.41, 5.74) is 5.05.